The van der Waals surface area contributed by atoms with Gasteiger partial charge in [0, 0.05) is 61.7 Å². The van der Waals surface area contributed by atoms with E-state index in [2.05, 4.69) is 22.0 Å². The molecule has 1 fully saturated rings. The second-order valence-electron chi connectivity index (χ2n) is 9.13. The predicted octanol–water partition coefficient (Wildman–Crippen LogP) is 4.73. The maximum atomic E-state index is 13.6. The van der Waals surface area contributed by atoms with Crippen LogP contribution in [0.1, 0.15) is 32.2 Å². The van der Waals surface area contributed by atoms with Crippen LogP contribution in [-0.2, 0) is 18.8 Å². The van der Waals surface area contributed by atoms with Gasteiger partial charge in [-0.15, -0.1) is 0 Å². The molecule has 180 valence electrons. The van der Waals surface area contributed by atoms with Crippen molar-refractivity contribution in [3.05, 3.63) is 52.6 Å². The van der Waals surface area contributed by atoms with Crippen molar-refractivity contribution in [3.8, 4) is 22.5 Å². The molecule has 0 N–H and O–H groups in total. The fourth-order valence-corrected chi connectivity index (χ4v) is 5.26. The second kappa shape index (κ2) is 8.35. The van der Waals surface area contributed by atoms with Gasteiger partial charge in [-0.2, -0.15) is 10.1 Å². The molecule has 1 aliphatic rings. The highest BCUT2D eigenvalue weighted by Crippen LogP contribution is 2.40. The number of ether oxygens (including phenoxy) is 1. The topological polar surface area (TPSA) is 92.9 Å². The molecule has 0 unspecified atom stereocenters. The maximum absolute atomic E-state index is 13.6. The van der Waals surface area contributed by atoms with E-state index in [1.165, 1.54) is 0 Å². The summed E-state index contributed by atoms with van der Waals surface area (Å²) in [5.41, 5.74) is 4.26. The molecular weight excluding hydrogens is 468 g/mol. The Morgan fingerprint density at radius 2 is 2.09 bits per heavy atom. The van der Waals surface area contributed by atoms with Crippen LogP contribution in [0.5, 0.6) is 0 Å². The van der Waals surface area contributed by atoms with E-state index in [1.807, 2.05) is 37.1 Å². The first kappa shape index (κ1) is 22.1. The summed E-state index contributed by atoms with van der Waals surface area (Å²) in [6.07, 6.45) is 9.62. The van der Waals surface area contributed by atoms with Crippen molar-refractivity contribution in [2.45, 2.75) is 38.3 Å². The van der Waals surface area contributed by atoms with Gasteiger partial charge < -0.3 is 13.7 Å². The highest BCUT2D eigenvalue weighted by molar-refractivity contribution is 6.34. The molecule has 9 nitrogen and oxygen atoms in total. The number of aromatic nitrogens is 6. The first-order valence-corrected chi connectivity index (χ1v) is 12.1. The lowest BCUT2D eigenvalue weighted by molar-refractivity contribution is -0.00709. The lowest BCUT2D eigenvalue weighted by Gasteiger charge is -2.30. The number of hydrogen-bond donors (Lipinski definition) is 0. The molecule has 35 heavy (non-hydrogen) atoms. The lowest BCUT2D eigenvalue weighted by Crippen LogP contribution is -2.34. The van der Waals surface area contributed by atoms with Crippen LogP contribution in [0, 0.1) is 0 Å². The average molecular weight is 493 g/mol. The van der Waals surface area contributed by atoms with Gasteiger partial charge in [0.2, 0.25) is 0 Å². The van der Waals surface area contributed by atoms with E-state index in [0.717, 1.165) is 47.0 Å². The molecule has 1 aromatic carbocycles. The predicted molar refractivity (Wildman–Crippen MR) is 133 cm³/mol. The Hall–Kier alpha value is -3.43. The number of hydrogen-bond acceptors (Lipinski definition) is 6. The number of rotatable bonds is 4. The molecule has 1 aliphatic heterocycles. The molecule has 2 atom stereocenters. The number of nitrogens with zero attached hydrogens (tertiary/aromatic N) is 6. The highest BCUT2D eigenvalue weighted by Gasteiger charge is 2.29. The normalized spacial score (nSPS) is 18.6. The van der Waals surface area contributed by atoms with Gasteiger partial charge in [-0.05, 0) is 25.3 Å². The molecule has 5 aromatic rings. The molecular formula is C25H25ClN6O3. The number of imidazole rings is 1. The minimum Gasteiger partial charge on any atom is -0.452 e. The van der Waals surface area contributed by atoms with Crippen LogP contribution in [0.4, 0.5) is 0 Å². The molecule has 6 rings (SSSR count). The van der Waals surface area contributed by atoms with Gasteiger partial charge in [-0.1, -0.05) is 18.5 Å². The molecule has 0 amide bonds. The van der Waals surface area contributed by atoms with Gasteiger partial charge in [0.1, 0.15) is 16.8 Å². The Morgan fingerprint density at radius 3 is 2.80 bits per heavy atom. The first-order valence-electron chi connectivity index (χ1n) is 11.7. The maximum Gasteiger partial charge on any atom is 0.349 e. The van der Waals surface area contributed by atoms with Gasteiger partial charge in [0.25, 0.3) is 0 Å². The third-order valence-corrected chi connectivity index (χ3v) is 7.05. The Morgan fingerprint density at radius 1 is 1.23 bits per heavy atom. The van der Waals surface area contributed by atoms with Crippen LogP contribution in [-0.4, -0.2) is 41.6 Å². The quantitative estimate of drug-likeness (QED) is 0.360. The molecule has 0 radical (unpaired) electrons. The zero-order valence-electron chi connectivity index (χ0n) is 19.7. The van der Waals surface area contributed by atoms with Crippen molar-refractivity contribution in [2.75, 3.05) is 6.61 Å². The van der Waals surface area contributed by atoms with E-state index in [0.29, 0.717) is 28.5 Å². The van der Waals surface area contributed by atoms with Crippen LogP contribution in [0.25, 0.3) is 44.6 Å². The van der Waals surface area contributed by atoms with E-state index >= 15 is 0 Å². The molecule has 0 spiro atoms. The van der Waals surface area contributed by atoms with Crippen LogP contribution in [0.2, 0.25) is 5.02 Å². The summed E-state index contributed by atoms with van der Waals surface area (Å²) in [4.78, 5) is 22.6. The number of benzene rings is 1. The number of aryl methyl sites for hydroxylation is 2. The molecule has 0 aliphatic carbocycles. The standard InChI is InChI=1S/C25H25ClN6O3/c1-4-16-7-15(5-6-34-16)32-23-18-8-17(20-12-30(2)13-27-20)19(26)9-21(18)35-24(23)22(29-25(32)33)14-10-28-31(3)11-14/h8-13,15-16H,4-7H2,1-3H3/t15-,16-/m0/s1. The van der Waals surface area contributed by atoms with E-state index in [9.17, 15) is 4.79 Å². The number of furan rings is 1. The summed E-state index contributed by atoms with van der Waals surface area (Å²) in [5, 5.41) is 5.59. The van der Waals surface area contributed by atoms with Crippen molar-refractivity contribution in [1.29, 1.82) is 0 Å². The Balaban J connectivity index is 1.68. The largest absolute Gasteiger partial charge is 0.452 e. The highest BCUT2D eigenvalue weighted by atomic mass is 35.5. The summed E-state index contributed by atoms with van der Waals surface area (Å²) in [5.74, 6) is 0. The third kappa shape index (κ3) is 3.66. The minimum atomic E-state index is -0.310. The fraction of sp³-hybridized carbons (Fsp3) is 0.360. The first-order chi connectivity index (χ1) is 16.9. The van der Waals surface area contributed by atoms with E-state index < -0.39 is 0 Å². The monoisotopic (exact) mass is 492 g/mol. The fourth-order valence-electron chi connectivity index (χ4n) is 5.01. The van der Waals surface area contributed by atoms with Gasteiger partial charge in [0.05, 0.1) is 29.3 Å². The molecule has 1 saturated heterocycles. The zero-order valence-corrected chi connectivity index (χ0v) is 20.5. The minimum absolute atomic E-state index is 0.0473. The van der Waals surface area contributed by atoms with Crippen molar-refractivity contribution >= 4 is 33.7 Å². The number of fused-ring (bicyclic) bond motifs is 3. The lowest BCUT2D eigenvalue weighted by atomic mass is 10.0. The molecule has 10 heteroatoms. The summed E-state index contributed by atoms with van der Waals surface area (Å²) in [6.45, 7) is 2.70. The van der Waals surface area contributed by atoms with E-state index in [1.54, 1.807) is 27.8 Å². The van der Waals surface area contributed by atoms with Gasteiger partial charge in [-0.3, -0.25) is 9.25 Å². The molecule has 0 saturated carbocycles. The van der Waals surface area contributed by atoms with Gasteiger partial charge in [-0.25, -0.2) is 9.78 Å². The molecule has 5 heterocycles. The molecule has 0 bridgehead atoms. The zero-order chi connectivity index (χ0) is 24.3. The van der Waals surface area contributed by atoms with Crippen LogP contribution >= 0.6 is 11.6 Å². The van der Waals surface area contributed by atoms with Crippen molar-refractivity contribution in [3.63, 3.8) is 0 Å². The summed E-state index contributed by atoms with van der Waals surface area (Å²) >= 11 is 6.67. The Kier molecular flexibility index (Phi) is 5.26. The summed E-state index contributed by atoms with van der Waals surface area (Å²) in [6, 6.07) is 3.71. The summed E-state index contributed by atoms with van der Waals surface area (Å²) in [7, 11) is 3.74. The van der Waals surface area contributed by atoms with E-state index in [-0.39, 0.29) is 17.8 Å². The van der Waals surface area contributed by atoms with Crippen molar-refractivity contribution in [1.82, 2.24) is 28.9 Å². The van der Waals surface area contributed by atoms with E-state index in [4.69, 9.17) is 20.8 Å². The smallest absolute Gasteiger partial charge is 0.349 e. The van der Waals surface area contributed by atoms with Crippen LogP contribution in [0.15, 0.2) is 46.3 Å². The SMILES string of the molecule is CC[C@H]1C[C@@H](n2c(=O)nc(-c3cnn(C)c3)c3oc4cc(Cl)c(-c5cn(C)cn5)cc4c32)CCO1. The second-order valence-corrected chi connectivity index (χ2v) is 9.53. The van der Waals surface area contributed by atoms with Crippen LogP contribution < -0.4 is 5.69 Å². The van der Waals surface area contributed by atoms with Crippen LogP contribution in [0.3, 0.4) is 0 Å². The van der Waals surface area contributed by atoms with Gasteiger partial charge >= 0.3 is 5.69 Å². The summed E-state index contributed by atoms with van der Waals surface area (Å²) < 4.78 is 17.6. The average Bonchev–Trinajstić information content (AvgIpc) is 3.56. The Bertz CT molecular complexity index is 1630. The van der Waals surface area contributed by atoms with Crippen molar-refractivity contribution in [2.24, 2.45) is 14.1 Å². The van der Waals surface area contributed by atoms with Gasteiger partial charge in [0.15, 0.2) is 5.58 Å². The Labute approximate surface area is 205 Å². The number of halogens is 1. The third-order valence-electron chi connectivity index (χ3n) is 6.74. The molecule has 4 aromatic heterocycles. The van der Waals surface area contributed by atoms with Crippen molar-refractivity contribution < 1.29 is 9.15 Å².